The second kappa shape index (κ2) is 7.90. The molecule has 0 aliphatic rings. The van der Waals surface area contributed by atoms with Crippen LogP contribution in [0.15, 0.2) is 18.2 Å². The lowest BCUT2D eigenvalue weighted by Gasteiger charge is -2.25. The first-order valence-corrected chi connectivity index (χ1v) is 7.95. The molecule has 0 saturated carbocycles. The third-order valence-electron chi connectivity index (χ3n) is 3.81. The van der Waals surface area contributed by atoms with E-state index in [1.54, 1.807) is 6.07 Å². The Labute approximate surface area is 129 Å². The maximum Gasteiger partial charge on any atom is 0.127 e. The van der Waals surface area contributed by atoms with Gasteiger partial charge in [-0.15, -0.1) is 0 Å². The van der Waals surface area contributed by atoms with Crippen LogP contribution >= 0.6 is 0 Å². The van der Waals surface area contributed by atoms with E-state index >= 15 is 0 Å². The average molecular weight is 294 g/mol. The van der Waals surface area contributed by atoms with Gasteiger partial charge in [-0.2, -0.15) is 0 Å². The Hall–Kier alpha value is -0.930. The normalized spacial score (nSPS) is 13.7. The highest BCUT2D eigenvalue weighted by atomic mass is 19.1. The number of rotatable bonds is 7. The number of nitrogens with one attached hydrogen (secondary N) is 1. The van der Waals surface area contributed by atoms with Crippen molar-refractivity contribution in [1.29, 1.82) is 0 Å². The predicted octanol–water partition coefficient (Wildman–Crippen LogP) is 4.33. The van der Waals surface area contributed by atoms with E-state index in [0.717, 1.165) is 30.5 Å². The molecule has 0 amide bonds. The lowest BCUT2D eigenvalue weighted by molar-refractivity contribution is 0.234. The molecular weight excluding hydrogens is 263 g/mol. The highest BCUT2D eigenvalue weighted by molar-refractivity contribution is 5.25. The molecule has 0 spiro atoms. The van der Waals surface area contributed by atoms with E-state index in [-0.39, 0.29) is 11.4 Å². The van der Waals surface area contributed by atoms with Gasteiger partial charge in [-0.3, -0.25) is 4.90 Å². The van der Waals surface area contributed by atoms with Crippen LogP contribution in [0.5, 0.6) is 0 Å². The molecule has 0 fully saturated rings. The Morgan fingerprint density at radius 2 is 1.95 bits per heavy atom. The van der Waals surface area contributed by atoms with Crippen LogP contribution in [0.4, 0.5) is 4.39 Å². The molecule has 1 aromatic rings. The van der Waals surface area contributed by atoms with Crippen molar-refractivity contribution >= 4 is 0 Å². The van der Waals surface area contributed by atoms with Crippen LogP contribution < -0.4 is 5.32 Å². The Morgan fingerprint density at radius 1 is 1.29 bits per heavy atom. The zero-order valence-electron chi connectivity index (χ0n) is 14.5. The van der Waals surface area contributed by atoms with Crippen molar-refractivity contribution in [2.24, 2.45) is 0 Å². The van der Waals surface area contributed by atoms with E-state index < -0.39 is 0 Å². The fourth-order valence-electron chi connectivity index (χ4n) is 2.29. The molecule has 0 aromatic heterocycles. The maximum atomic E-state index is 14.0. The second-order valence-corrected chi connectivity index (χ2v) is 7.08. The third-order valence-corrected chi connectivity index (χ3v) is 3.81. The number of benzene rings is 1. The molecule has 1 unspecified atom stereocenters. The van der Waals surface area contributed by atoms with Gasteiger partial charge in [0.05, 0.1) is 0 Å². The minimum Gasteiger partial charge on any atom is -0.308 e. The van der Waals surface area contributed by atoms with Gasteiger partial charge in [0.25, 0.3) is 0 Å². The summed E-state index contributed by atoms with van der Waals surface area (Å²) in [6.45, 7) is 12.2. The summed E-state index contributed by atoms with van der Waals surface area (Å²) in [7, 11) is 2.07. The molecule has 2 nitrogen and oxygen atoms in total. The number of nitrogens with zero attached hydrogens (tertiary/aromatic N) is 1. The Bertz CT molecular complexity index is 437. The average Bonchev–Trinajstić information content (AvgIpc) is 2.39. The van der Waals surface area contributed by atoms with E-state index in [1.165, 1.54) is 0 Å². The van der Waals surface area contributed by atoms with Gasteiger partial charge in [-0.05, 0) is 52.8 Å². The van der Waals surface area contributed by atoms with Gasteiger partial charge in [-0.25, -0.2) is 4.39 Å². The Balaban J connectivity index is 2.73. The largest absolute Gasteiger partial charge is 0.308 e. The highest BCUT2D eigenvalue weighted by Crippen LogP contribution is 2.16. The number of hydrogen-bond donors (Lipinski definition) is 1. The molecular formula is C18H31FN2. The van der Waals surface area contributed by atoms with Crippen LogP contribution in [0.1, 0.15) is 58.6 Å². The number of hydrogen-bond acceptors (Lipinski definition) is 2. The van der Waals surface area contributed by atoms with Crippen LogP contribution in [0, 0.1) is 5.82 Å². The van der Waals surface area contributed by atoms with Crippen LogP contribution in [0.2, 0.25) is 0 Å². The van der Waals surface area contributed by atoms with Crippen molar-refractivity contribution in [3.8, 4) is 0 Å². The lowest BCUT2D eigenvalue weighted by atomic mass is 10.1. The second-order valence-electron chi connectivity index (χ2n) is 7.08. The van der Waals surface area contributed by atoms with Crippen LogP contribution in [-0.2, 0) is 13.1 Å². The van der Waals surface area contributed by atoms with Crippen molar-refractivity contribution in [2.75, 3.05) is 7.05 Å². The maximum absolute atomic E-state index is 14.0. The van der Waals surface area contributed by atoms with E-state index in [9.17, 15) is 4.39 Å². The standard InChI is InChI=1S/C18H31FN2/c1-7-8-14(2)21(6)13-16-11-15(9-10-17(16)19)12-20-18(3,4)5/h9-11,14,20H,7-8,12-13H2,1-6H3. The predicted molar refractivity (Wildman–Crippen MR) is 88.8 cm³/mol. The first-order valence-electron chi connectivity index (χ1n) is 7.95. The third kappa shape index (κ3) is 6.58. The molecule has 21 heavy (non-hydrogen) atoms. The van der Waals surface area contributed by atoms with Gasteiger partial charge in [0.15, 0.2) is 0 Å². The minimum atomic E-state index is -0.106. The summed E-state index contributed by atoms with van der Waals surface area (Å²) in [5, 5.41) is 3.45. The topological polar surface area (TPSA) is 15.3 Å². The molecule has 1 aromatic carbocycles. The van der Waals surface area contributed by atoms with Crippen molar-refractivity contribution in [1.82, 2.24) is 10.2 Å². The first kappa shape index (κ1) is 18.1. The van der Waals surface area contributed by atoms with Gasteiger partial charge >= 0.3 is 0 Å². The molecule has 0 saturated heterocycles. The molecule has 3 heteroatoms. The monoisotopic (exact) mass is 294 g/mol. The van der Waals surface area contributed by atoms with Gasteiger partial charge in [0.1, 0.15) is 5.82 Å². The summed E-state index contributed by atoms with van der Waals surface area (Å²) in [6, 6.07) is 5.93. The van der Waals surface area contributed by atoms with Gasteiger partial charge in [-0.1, -0.05) is 25.5 Å². The summed E-state index contributed by atoms with van der Waals surface area (Å²) < 4.78 is 14.0. The molecule has 1 rings (SSSR count). The van der Waals surface area contributed by atoms with E-state index in [1.807, 2.05) is 12.1 Å². The summed E-state index contributed by atoms with van der Waals surface area (Å²) in [6.07, 6.45) is 2.30. The molecule has 0 radical (unpaired) electrons. The van der Waals surface area contributed by atoms with Crippen molar-refractivity contribution in [3.05, 3.63) is 35.1 Å². The van der Waals surface area contributed by atoms with E-state index in [2.05, 4.69) is 51.9 Å². The van der Waals surface area contributed by atoms with Gasteiger partial charge < -0.3 is 5.32 Å². The zero-order chi connectivity index (χ0) is 16.0. The smallest absolute Gasteiger partial charge is 0.127 e. The summed E-state index contributed by atoms with van der Waals surface area (Å²) in [4.78, 5) is 2.23. The lowest BCUT2D eigenvalue weighted by Crippen LogP contribution is -2.35. The van der Waals surface area contributed by atoms with Crippen molar-refractivity contribution in [2.45, 2.75) is 72.1 Å². The summed E-state index contributed by atoms with van der Waals surface area (Å²) in [5.74, 6) is -0.106. The molecule has 1 N–H and O–H groups in total. The molecule has 0 aliphatic heterocycles. The SMILES string of the molecule is CCCC(C)N(C)Cc1cc(CNC(C)(C)C)ccc1F. The molecule has 120 valence electrons. The quantitative estimate of drug-likeness (QED) is 0.805. The minimum absolute atomic E-state index is 0.0704. The zero-order valence-corrected chi connectivity index (χ0v) is 14.5. The van der Waals surface area contributed by atoms with Gasteiger partial charge in [0.2, 0.25) is 0 Å². The molecule has 0 bridgehead atoms. The van der Waals surface area contributed by atoms with E-state index in [4.69, 9.17) is 0 Å². The summed E-state index contributed by atoms with van der Waals surface area (Å²) in [5.41, 5.74) is 1.99. The molecule has 0 heterocycles. The van der Waals surface area contributed by atoms with Crippen molar-refractivity contribution in [3.63, 3.8) is 0 Å². The van der Waals surface area contributed by atoms with Crippen LogP contribution in [-0.4, -0.2) is 23.5 Å². The number of halogens is 1. The Morgan fingerprint density at radius 3 is 2.52 bits per heavy atom. The highest BCUT2D eigenvalue weighted by Gasteiger charge is 2.13. The van der Waals surface area contributed by atoms with E-state index in [0.29, 0.717) is 12.6 Å². The van der Waals surface area contributed by atoms with Crippen LogP contribution in [0.3, 0.4) is 0 Å². The fourth-order valence-corrected chi connectivity index (χ4v) is 2.29. The first-order chi connectivity index (χ1) is 9.73. The van der Waals surface area contributed by atoms with Gasteiger partial charge in [0, 0.05) is 30.2 Å². The Kier molecular flexibility index (Phi) is 6.82. The fraction of sp³-hybridized carbons (Fsp3) is 0.667. The summed E-state index contributed by atoms with van der Waals surface area (Å²) >= 11 is 0. The molecule has 1 atom stereocenters. The molecule has 0 aliphatic carbocycles. The van der Waals surface area contributed by atoms with Crippen LogP contribution in [0.25, 0.3) is 0 Å². The van der Waals surface area contributed by atoms with Crippen molar-refractivity contribution < 1.29 is 4.39 Å².